The van der Waals surface area contributed by atoms with E-state index in [0.29, 0.717) is 0 Å². The standard InChI is InChI=1S/C10H7BrO/c11-10-3-1-2-8(6-10)9-4-5-12-7-9/h1-7H. The third-order valence-corrected chi connectivity index (χ3v) is 2.17. The van der Waals surface area contributed by atoms with Crippen molar-refractivity contribution in [1.82, 2.24) is 0 Å². The summed E-state index contributed by atoms with van der Waals surface area (Å²) < 4.78 is 6.08. The molecule has 0 radical (unpaired) electrons. The van der Waals surface area contributed by atoms with Gasteiger partial charge < -0.3 is 4.42 Å². The Kier molecular flexibility index (Phi) is 2.00. The molecular weight excluding hydrogens is 216 g/mol. The molecule has 1 nitrogen and oxygen atoms in total. The molecule has 0 amide bonds. The first-order valence-electron chi connectivity index (χ1n) is 3.64. The molecule has 0 aliphatic carbocycles. The fourth-order valence-corrected chi connectivity index (χ4v) is 1.50. The minimum atomic E-state index is 1.08. The van der Waals surface area contributed by atoms with E-state index in [-0.39, 0.29) is 0 Å². The zero-order chi connectivity index (χ0) is 8.39. The average molecular weight is 223 g/mol. The van der Waals surface area contributed by atoms with Crippen LogP contribution in [0.4, 0.5) is 0 Å². The van der Waals surface area contributed by atoms with Crippen molar-refractivity contribution < 1.29 is 4.42 Å². The lowest BCUT2D eigenvalue weighted by Crippen LogP contribution is -1.71. The van der Waals surface area contributed by atoms with Gasteiger partial charge in [-0.25, -0.2) is 0 Å². The van der Waals surface area contributed by atoms with Gasteiger partial charge in [0.05, 0.1) is 12.5 Å². The highest BCUT2D eigenvalue weighted by Gasteiger charge is 1.97. The molecule has 2 heteroatoms. The van der Waals surface area contributed by atoms with Crippen LogP contribution in [0.3, 0.4) is 0 Å². The summed E-state index contributed by atoms with van der Waals surface area (Å²) in [5.41, 5.74) is 2.27. The molecule has 0 fully saturated rings. The molecule has 1 aromatic carbocycles. The number of halogens is 1. The van der Waals surface area contributed by atoms with Crippen LogP contribution in [0.25, 0.3) is 11.1 Å². The average Bonchev–Trinajstić information content (AvgIpc) is 2.56. The number of furan rings is 1. The molecule has 1 aromatic heterocycles. The van der Waals surface area contributed by atoms with E-state index in [1.54, 1.807) is 12.5 Å². The molecule has 12 heavy (non-hydrogen) atoms. The van der Waals surface area contributed by atoms with Crippen molar-refractivity contribution in [2.45, 2.75) is 0 Å². The number of hydrogen-bond donors (Lipinski definition) is 0. The maximum atomic E-state index is 4.99. The van der Waals surface area contributed by atoms with Crippen molar-refractivity contribution in [2.75, 3.05) is 0 Å². The van der Waals surface area contributed by atoms with Crippen LogP contribution in [0.1, 0.15) is 0 Å². The Bertz CT molecular complexity index is 365. The summed E-state index contributed by atoms with van der Waals surface area (Å²) in [4.78, 5) is 0. The van der Waals surface area contributed by atoms with Crippen LogP contribution in [0.2, 0.25) is 0 Å². The molecule has 0 atom stereocenters. The fourth-order valence-electron chi connectivity index (χ4n) is 1.10. The Hall–Kier alpha value is -1.02. The first kappa shape index (κ1) is 7.62. The first-order chi connectivity index (χ1) is 5.86. The Morgan fingerprint density at radius 1 is 1.08 bits per heavy atom. The van der Waals surface area contributed by atoms with Crippen LogP contribution < -0.4 is 0 Å². The molecule has 60 valence electrons. The molecular formula is C10H7BrO. The Morgan fingerprint density at radius 2 is 2.00 bits per heavy atom. The summed E-state index contributed by atoms with van der Waals surface area (Å²) in [7, 11) is 0. The molecule has 2 rings (SSSR count). The van der Waals surface area contributed by atoms with Crippen LogP contribution in [0, 0.1) is 0 Å². The third-order valence-electron chi connectivity index (χ3n) is 1.68. The predicted molar refractivity (Wildman–Crippen MR) is 51.8 cm³/mol. The predicted octanol–water partition coefficient (Wildman–Crippen LogP) is 3.71. The van der Waals surface area contributed by atoms with E-state index in [0.717, 1.165) is 15.6 Å². The fraction of sp³-hybridized carbons (Fsp3) is 0. The van der Waals surface area contributed by atoms with Gasteiger partial charge in [-0.1, -0.05) is 28.1 Å². The lowest BCUT2D eigenvalue weighted by Gasteiger charge is -1.96. The smallest absolute Gasteiger partial charge is 0.0980 e. The molecule has 0 aliphatic rings. The van der Waals surface area contributed by atoms with Gasteiger partial charge in [-0.3, -0.25) is 0 Å². The summed E-state index contributed by atoms with van der Waals surface area (Å²) >= 11 is 3.42. The Labute approximate surface area is 79.2 Å². The van der Waals surface area contributed by atoms with Crippen molar-refractivity contribution in [3.05, 3.63) is 47.3 Å². The Morgan fingerprint density at radius 3 is 2.67 bits per heavy atom. The zero-order valence-corrected chi connectivity index (χ0v) is 7.91. The lowest BCUT2D eigenvalue weighted by atomic mass is 10.1. The maximum absolute atomic E-state index is 4.99. The topological polar surface area (TPSA) is 13.1 Å². The van der Waals surface area contributed by atoms with Crippen LogP contribution in [-0.2, 0) is 0 Å². The minimum absolute atomic E-state index is 1.08. The zero-order valence-electron chi connectivity index (χ0n) is 6.33. The van der Waals surface area contributed by atoms with E-state index >= 15 is 0 Å². The van der Waals surface area contributed by atoms with Gasteiger partial charge in [-0.05, 0) is 23.8 Å². The number of benzene rings is 1. The molecule has 1 heterocycles. The van der Waals surface area contributed by atoms with Gasteiger partial charge in [0.25, 0.3) is 0 Å². The third kappa shape index (κ3) is 1.43. The van der Waals surface area contributed by atoms with Crippen molar-refractivity contribution >= 4 is 15.9 Å². The summed E-state index contributed by atoms with van der Waals surface area (Å²) in [5.74, 6) is 0. The number of hydrogen-bond acceptors (Lipinski definition) is 1. The largest absolute Gasteiger partial charge is 0.472 e. The second kappa shape index (κ2) is 3.15. The van der Waals surface area contributed by atoms with Crippen molar-refractivity contribution in [3.63, 3.8) is 0 Å². The highest BCUT2D eigenvalue weighted by Crippen LogP contribution is 2.22. The van der Waals surface area contributed by atoms with Crippen LogP contribution >= 0.6 is 15.9 Å². The second-order valence-electron chi connectivity index (χ2n) is 2.52. The van der Waals surface area contributed by atoms with Gasteiger partial charge in [0.1, 0.15) is 0 Å². The van der Waals surface area contributed by atoms with E-state index in [2.05, 4.69) is 28.1 Å². The molecule has 0 spiro atoms. The van der Waals surface area contributed by atoms with Crippen LogP contribution in [0.15, 0.2) is 51.7 Å². The molecule has 0 saturated carbocycles. The molecule has 0 aliphatic heterocycles. The summed E-state index contributed by atoms with van der Waals surface area (Å²) in [6, 6.07) is 10.1. The van der Waals surface area contributed by atoms with Gasteiger partial charge in [0.15, 0.2) is 0 Å². The summed E-state index contributed by atoms with van der Waals surface area (Å²) in [6.45, 7) is 0. The van der Waals surface area contributed by atoms with Gasteiger partial charge >= 0.3 is 0 Å². The molecule has 2 aromatic rings. The molecule has 0 bridgehead atoms. The van der Waals surface area contributed by atoms with Gasteiger partial charge in [-0.2, -0.15) is 0 Å². The normalized spacial score (nSPS) is 10.1. The van der Waals surface area contributed by atoms with Crippen LogP contribution in [-0.4, -0.2) is 0 Å². The molecule has 0 N–H and O–H groups in total. The molecule has 0 saturated heterocycles. The van der Waals surface area contributed by atoms with Crippen LogP contribution in [0.5, 0.6) is 0 Å². The quantitative estimate of drug-likeness (QED) is 0.718. The van der Waals surface area contributed by atoms with Gasteiger partial charge in [-0.15, -0.1) is 0 Å². The Balaban J connectivity index is 2.48. The van der Waals surface area contributed by atoms with Crippen molar-refractivity contribution in [3.8, 4) is 11.1 Å². The highest BCUT2D eigenvalue weighted by molar-refractivity contribution is 9.10. The number of rotatable bonds is 1. The summed E-state index contributed by atoms with van der Waals surface area (Å²) in [6.07, 6.45) is 3.41. The highest BCUT2D eigenvalue weighted by atomic mass is 79.9. The van der Waals surface area contributed by atoms with Crippen molar-refractivity contribution in [2.24, 2.45) is 0 Å². The lowest BCUT2D eigenvalue weighted by molar-refractivity contribution is 0.568. The van der Waals surface area contributed by atoms with E-state index in [1.807, 2.05) is 18.2 Å². The van der Waals surface area contributed by atoms with Crippen molar-refractivity contribution in [1.29, 1.82) is 0 Å². The van der Waals surface area contributed by atoms with E-state index in [1.165, 1.54) is 0 Å². The first-order valence-corrected chi connectivity index (χ1v) is 4.44. The monoisotopic (exact) mass is 222 g/mol. The maximum Gasteiger partial charge on any atom is 0.0980 e. The van der Waals surface area contributed by atoms with Gasteiger partial charge in [0.2, 0.25) is 0 Å². The summed E-state index contributed by atoms with van der Waals surface area (Å²) in [5, 5.41) is 0. The molecule has 0 unspecified atom stereocenters. The van der Waals surface area contributed by atoms with E-state index in [4.69, 9.17) is 4.42 Å². The van der Waals surface area contributed by atoms with Gasteiger partial charge in [0, 0.05) is 10.0 Å². The minimum Gasteiger partial charge on any atom is -0.472 e. The SMILES string of the molecule is Brc1cccc(-c2ccoc2)c1. The van der Waals surface area contributed by atoms with E-state index < -0.39 is 0 Å². The van der Waals surface area contributed by atoms with E-state index in [9.17, 15) is 0 Å². The second-order valence-corrected chi connectivity index (χ2v) is 3.44.